The fourth-order valence-electron chi connectivity index (χ4n) is 12.7. The number of unbranched alkanes of at least 4 members (excludes halogenated alkanes) is 53. The maximum atomic E-state index is 13.1. The Balaban J connectivity index is 5.11. The molecule has 0 aliphatic rings. The first-order chi connectivity index (χ1) is 49.1. The summed E-state index contributed by atoms with van der Waals surface area (Å²) in [4.78, 5) is 72.7. The van der Waals surface area contributed by atoms with Gasteiger partial charge in [-0.05, 0) is 31.6 Å². The second kappa shape index (κ2) is 74.9. The monoisotopic (exact) mass is 1480 g/mol. The maximum absolute atomic E-state index is 13.1. The minimum atomic E-state index is -4.96. The summed E-state index contributed by atoms with van der Waals surface area (Å²) in [5.41, 5.74) is 0. The van der Waals surface area contributed by atoms with E-state index in [4.69, 9.17) is 37.0 Å². The molecule has 3 N–H and O–H groups in total. The molecule has 0 spiro atoms. The van der Waals surface area contributed by atoms with Gasteiger partial charge in [0.05, 0.1) is 26.4 Å². The van der Waals surface area contributed by atoms with Gasteiger partial charge in [0, 0.05) is 25.7 Å². The summed E-state index contributed by atoms with van der Waals surface area (Å²) in [6, 6.07) is 0. The highest BCUT2D eigenvalue weighted by Crippen LogP contribution is 2.45. The summed E-state index contributed by atoms with van der Waals surface area (Å²) in [7, 11) is -9.91. The van der Waals surface area contributed by atoms with E-state index in [-0.39, 0.29) is 25.7 Å². The lowest BCUT2D eigenvalue weighted by Crippen LogP contribution is -2.30. The summed E-state index contributed by atoms with van der Waals surface area (Å²) in [5.74, 6) is -1.32. The van der Waals surface area contributed by atoms with E-state index in [2.05, 4.69) is 34.6 Å². The average molecular weight is 1480 g/mol. The molecular formula is C82H160O17P2. The van der Waals surface area contributed by atoms with Crippen molar-refractivity contribution in [2.75, 3.05) is 39.6 Å². The molecule has 101 heavy (non-hydrogen) atoms. The second-order valence-electron chi connectivity index (χ2n) is 29.8. The van der Waals surface area contributed by atoms with Crippen molar-refractivity contribution in [2.24, 2.45) is 5.92 Å². The zero-order valence-electron chi connectivity index (χ0n) is 66.1. The molecule has 0 aliphatic heterocycles. The molecular weight excluding hydrogens is 1320 g/mol. The van der Waals surface area contributed by atoms with Gasteiger partial charge in [-0.15, -0.1) is 0 Å². The lowest BCUT2D eigenvalue weighted by atomic mass is 9.99. The molecule has 0 saturated heterocycles. The van der Waals surface area contributed by atoms with Gasteiger partial charge >= 0.3 is 39.5 Å². The largest absolute Gasteiger partial charge is 0.472 e. The number of esters is 4. The number of carbonyl (C=O) groups excluding carboxylic acids is 4. The predicted molar refractivity (Wildman–Crippen MR) is 414 cm³/mol. The Morgan fingerprint density at radius 2 is 0.475 bits per heavy atom. The van der Waals surface area contributed by atoms with E-state index in [0.29, 0.717) is 25.7 Å². The number of carbonyl (C=O) groups is 4. The number of hydrogen-bond donors (Lipinski definition) is 3. The van der Waals surface area contributed by atoms with Crippen molar-refractivity contribution < 1.29 is 80.2 Å². The lowest BCUT2D eigenvalue weighted by molar-refractivity contribution is -0.161. The highest BCUT2D eigenvalue weighted by atomic mass is 31.2. The zero-order valence-corrected chi connectivity index (χ0v) is 67.8. The van der Waals surface area contributed by atoms with E-state index < -0.39 is 97.5 Å². The van der Waals surface area contributed by atoms with Gasteiger partial charge in [0.25, 0.3) is 0 Å². The van der Waals surface area contributed by atoms with E-state index in [1.54, 1.807) is 0 Å². The van der Waals surface area contributed by atoms with Crippen LogP contribution in [0.1, 0.15) is 439 Å². The van der Waals surface area contributed by atoms with Crippen LogP contribution in [0.25, 0.3) is 0 Å². The first kappa shape index (κ1) is 99.1. The molecule has 0 heterocycles. The van der Waals surface area contributed by atoms with Crippen molar-refractivity contribution in [3.05, 3.63) is 0 Å². The van der Waals surface area contributed by atoms with Gasteiger partial charge in [-0.25, -0.2) is 9.13 Å². The van der Waals surface area contributed by atoms with Crippen LogP contribution in [0.4, 0.5) is 0 Å². The van der Waals surface area contributed by atoms with Gasteiger partial charge in [-0.1, -0.05) is 388 Å². The summed E-state index contributed by atoms with van der Waals surface area (Å²) in [5, 5.41) is 10.6. The molecule has 6 atom stereocenters. The van der Waals surface area contributed by atoms with E-state index in [1.807, 2.05) is 0 Å². The van der Waals surface area contributed by atoms with Crippen LogP contribution < -0.4 is 0 Å². The minimum absolute atomic E-state index is 0.106. The first-order valence-corrected chi connectivity index (χ1v) is 45.7. The van der Waals surface area contributed by atoms with Crippen LogP contribution in [-0.4, -0.2) is 96.7 Å². The number of ether oxygens (including phenoxy) is 4. The molecule has 0 rings (SSSR count). The summed E-state index contributed by atoms with van der Waals surface area (Å²) < 4.78 is 68.5. The van der Waals surface area contributed by atoms with Gasteiger partial charge in [-0.3, -0.25) is 37.3 Å². The molecule has 0 aromatic rings. The van der Waals surface area contributed by atoms with Crippen LogP contribution in [0.2, 0.25) is 0 Å². The number of aliphatic hydroxyl groups excluding tert-OH is 1. The van der Waals surface area contributed by atoms with E-state index in [1.165, 1.54) is 257 Å². The summed E-state index contributed by atoms with van der Waals surface area (Å²) in [6.45, 7) is 7.26. The fourth-order valence-corrected chi connectivity index (χ4v) is 14.3. The predicted octanol–water partition coefficient (Wildman–Crippen LogP) is 24.8. The summed E-state index contributed by atoms with van der Waals surface area (Å²) >= 11 is 0. The van der Waals surface area contributed by atoms with Gasteiger partial charge < -0.3 is 33.8 Å². The number of aliphatic hydroxyl groups is 1. The highest BCUT2D eigenvalue weighted by molar-refractivity contribution is 7.47. The molecule has 0 amide bonds. The summed E-state index contributed by atoms with van der Waals surface area (Å²) in [6.07, 6.45) is 67.2. The van der Waals surface area contributed by atoms with Crippen molar-refractivity contribution in [1.29, 1.82) is 0 Å². The Morgan fingerprint density at radius 3 is 0.703 bits per heavy atom. The van der Waals surface area contributed by atoms with Crippen molar-refractivity contribution in [3.63, 3.8) is 0 Å². The van der Waals surface area contributed by atoms with E-state index in [9.17, 15) is 43.2 Å². The van der Waals surface area contributed by atoms with Crippen molar-refractivity contribution in [2.45, 2.75) is 457 Å². The number of rotatable bonds is 82. The third kappa shape index (κ3) is 74.7. The van der Waals surface area contributed by atoms with Crippen LogP contribution in [0.3, 0.4) is 0 Å². The van der Waals surface area contributed by atoms with E-state index >= 15 is 0 Å². The Morgan fingerprint density at radius 1 is 0.277 bits per heavy atom. The van der Waals surface area contributed by atoms with Crippen molar-refractivity contribution in [3.8, 4) is 0 Å². The number of phosphoric ester groups is 2. The van der Waals surface area contributed by atoms with Gasteiger partial charge in [0.1, 0.15) is 19.3 Å². The molecule has 0 aromatic carbocycles. The Bertz CT molecular complexity index is 1930. The van der Waals surface area contributed by atoms with Gasteiger partial charge in [0.15, 0.2) is 12.2 Å². The third-order valence-electron chi connectivity index (χ3n) is 19.6. The molecule has 0 saturated carbocycles. The molecule has 0 bridgehead atoms. The van der Waals surface area contributed by atoms with Gasteiger partial charge in [0.2, 0.25) is 0 Å². The molecule has 0 aliphatic carbocycles. The van der Waals surface area contributed by atoms with Crippen molar-refractivity contribution in [1.82, 2.24) is 0 Å². The smallest absolute Gasteiger partial charge is 0.462 e. The lowest BCUT2D eigenvalue weighted by Gasteiger charge is -2.21. The normalized spacial score (nSPS) is 14.1. The first-order valence-electron chi connectivity index (χ1n) is 42.7. The zero-order chi connectivity index (χ0) is 74.1. The quantitative estimate of drug-likeness (QED) is 0.0222. The molecule has 0 fully saturated rings. The van der Waals surface area contributed by atoms with Crippen molar-refractivity contribution >= 4 is 39.5 Å². The Hall–Kier alpha value is -1.94. The Labute approximate surface area is 619 Å². The second-order valence-corrected chi connectivity index (χ2v) is 32.7. The Kier molecular flexibility index (Phi) is 73.5. The third-order valence-corrected chi connectivity index (χ3v) is 21.5. The van der Waals surface area contributed by atoms with Crippen LogP contribution in [0.5, 0.6) is 0 Å². The standard InChI is InChI=1S/C82H160O17P2/c1-6-10-13-16-18-20-22-24-26-28-30-32-33-35-37-39-41-43-48-52-57-62-67-82(87)99-78(72-93-80(85)66-61-56-51-47-42-40-38-36-34-31-29-27-25-23-21-19-17-14-11-7-2)74-97-101(90,91)95-70-76(83)69-94-100(88,89)96-73-77(71-92-79(84)65-60-54-15-12-8-3)98-81(86)68-63-58-53-49-45-44-46-50-55-59-64-75(5)9-4/h75-78,83H,6-74H2,1-5H3,(H,88,89)(H,90,91)/t75?,76-,77+,78+/m0/s1. The molecule has 17 nitrogen and oxygen atoms in total. The van der Waals surface area contributed by atoms with Crippen LogP contribution in [0, 0.1) is 5.92 Å². The van der Waals surface area contributed by atoms with Gasteiger partial charge in [-0.2, -0.15) is 0 Å². The average Bonchev–Trinajstić information content (AvgIpc) is 0.946. The SMILES string of the molecule is CCCCCCCCCCCCCCCCCCCCCCCCC(=O)O[C@H](COC(=O)CCCCCCCCCCCCCCCCCCCCCC)COP(=O)(O)OC[C@@H](O)COP(=O)(O)OC[C@@H](COC(=O)CCCCCCC)OC(=O)CCCCCCCCCCCCC(C)CC. The van der Waals surface area contributed by atoms with Crippen LogP contribution >= 0.6 is 15.6 Å². The van der Waals surface area contributed by atoms with E-state index in [0.717, 1.165) is 102 Å². The fraction of sp³-hybridized carbons (Fsp3) is 0.951. The minimum Gasteiger partial charge on any atom is -0.462 e. The van der Waals surface area contributed by atoms with Crippen LogP contribution in [0.15, 0.2) is 0 Å². The number of hydrogen-bond acceptors (Lipinski definition) is 15. The molecule has 600 valence electrons. The topological polar surface area (TPSA) is 237 Å². The molecule has 3 unspecified atom stereocenters. The highest BCUT2D eigenvalue weighted by Gasteiger charge is 2.30. The van der Waals surface area contributed by atoms with Crippen LogP contribution in [-0.2, 0) is 65.4 Å². The molecule has 19 heteroatoms. The maximum Gasteiger partial charge on any atom is 0.472 e. The molecule has 0 aromatic heterocycles. The molecule has 0 radical (unpaired) electrons. The number of phosphoric acid groups is 2.